The molecule has 0 bridgehead atoms. The van der Waals surface area contributed by atoms with E-state index in [0.29, 0.717) is 43.5 Å². The number of rotatable bonds is 4. The molecule has 0 unspecified atom stereocenters. The summed E-state index contributed by atoms with van der Waals surface area (Å²) in [6, 6.07) is 8.14. The molecule has 0 spiro atoms. The van der Waals surface area contributed by atoms with Crippen LogP contribution in [0, 0.1) is 6.92 Å². The van der Waals surface area contributed by atoms with Gasteiger partial charge < -0.3 is 8.83 Å². The van der Waals surface area contributed by atoms with Gasteiger partial charge in [-0.05, 0) is 37.3 Å². The summed E-state index contributed by atoms with van der Waals surface area (Å²) in [6.45, 7) is 1.69. The standard InChI is InChI=1S/C17H11Cl3N2O3/c1-9-11(4-5-24-9)17(23)22-21-8-10-2-3-16(25-10)12-6-14(19)15(20)7-13(12)18/h2-8H,1H3,(H,22,23). The van der Waals surface area contributed by atoms with Gasteiger partial charge in [0, 0.05) is 5.56 Å². The van der Waals surface area contributed by atoms with Gasteiger partial charge in [0.25, 0.3) is 5.91 Å². The molecule has 0 atom stereocenters. The molecule has 1 amide bonds. The monoisotopic (exact) mass is 396 g/mol. The van der Waals surface area contributed by atoms with Crippen LogP contribution < -0.4 is 5.43 Å². The number of hydrogen-bond acceptors (Lipinski definition) is 4. The molecule has 0 aliphatic carbocycles. The van der Waals surface area contributed by atoms with E-state index in [-0.39, 0.29) is 5.91 Å². The van der Waals surface area contributed by atoms with E-state index in [1.165, 1.54) is 12.5 Å². The Morgan fingerprint density at radius 2 is 1.88 bits per heavy atom. The van der Waals surface area contributed by atoms with Crippen LogP contribution in [0.15, 0.2) is 50.5 Å². The Balaban J connectivity index is 1.73. The third kappa shape index (κ3) is 3.90. The molecule has 0 saturated heterocycles. The summed E-state index contributed by atoms with van der Waals surface area (Å²) in [7, 11) is 0. The molecule has 128 valence electrons. The number of carbonyl (C=O) groups is 1. The van der Waals surface area contributed by atoms with Gasteiger partial charge in [-0.1, -0.05) is 34.8 Å². The Bertz CT molecular complexity index is 960. The zero-order valence-corrected chi connectivity index (χ0v) is 15.1. The van der Waals surface area contributed by atoms with Gasteiger partial charge in [0.2, 0.25) is 0 Å². The summed E-state index contributed by atoms with van der Waals surface area (Å²) < 4.78 is 10.7. The normalized spacial score (nSPS) is 11.2. The zero-order chi connectivity index (χ0) is 18.0. The van der Waals surface area contributed by atoms with E-state index in [9.17, 15) is 4.79 Å². The van der Waals surface area contributed by atoms with E-state index in [0.717, 1.165) is 0 Å². The van der Waals surface area contributed by atoms with Crippen LogP contribution >= 0.6 is 34.8 Å². The molecule has 5 nitrogen and oxygen atoms in total. The van der Waals surface area contributed by atoms with Crippen molar-refractivity contribution in [2.24, 2.45) is 5.10 Å². The molecule has 1 aromatic carbocycles. The number of nitrogens with one attached hydrogen (secondary N) is 1. The van der Waals surface area contributed by atoms with Crippen molar-refractivity contribution in [2.45, 2.75) is 6.92 Å². The van der Waals surface area contributed by atoms with E-state index in [4.69, 9.17) is 43.6 Å². The Morgan fingerprint density at radius 1 is 1.12 bits per heavy atom. The molecule has 8 heteroatoms. The lowest BCUT2D eigenvalue weighted by Crippen LogP contribution is -2.17. The molecule has 3 aromatic rings. The Hall–Kier alpha value is -2.21. The van der Waals surface area contributed by atoms with E-state index >= 15 is 0 Å². The summed E-state index contributed by atoms with van der Waals surface area (Å²) in [4.78, 5) is 11.9. The van der Waals surface area contributed by atoms with Crippen molar-refractivity contribution in [2.75, 3.05) is 0 Å². The molecule has 2 heterocycles. The molecule has 0 aliphatic heterocycles. The van der Waals surface area contributed by atoms with Crippen molar-refractivity contribution in [1.82, 2.24) is 5.43 Å². The summed E-state index contributed by atoms with van der Waals surface area (Å²) in [5.74, 6) is 1.08. The van der Waals surface area contributed by atoms with E-state index < -0.39 is 0 Å². The van der Waals surface area contributed by atoms with Crippen LogP contribution in [-0.2, 0) is 0 Å². The highest BCUT2D eigenvalue weighted by atomic mass is 35.5. The van der Waals surface area contributed by atoms with Gasteiger partial charge in [0.05, 0.1) is 33.1 Å². The van der Waals surface area contributed by atoms with Gasteiger partial charge >= 0.3 is 0 Å². The van der Waals surface area contributed by atoms with Crippen LogP contribution in [-0.4, -0.2) is 12.1 Å². The molecule has 3 rings (SSSR count). The average molecular weight is 398 g/mol. The fourth-order valence-corrected chi connectivity index (χ4v) is 2.75. The molecule has 25 heavy (non-hydrogen) atoms. The van der Waals surface area contributed by atoms with Gasteiger partial charge in [0.1, 0.15) is 17.3 Å². The first kappa shape index (κ1) is 17.6. The lowest BCUT2D eigenvalue weighted by Gasteiger charge is -2.03. The highest BCUT2D eigenvalue weighted by Gasteiger charge is 2.12. The van der Waals surface area contributed by atoms with Gasteiger partial charge in [-0.15, -0.1) is 0 Å². The second-order valence-electron chi connectivity index (χ2n) is 5.04. The first-order chi connectivity index (χ1) is 12.0. The minimum Gasteiger partial charge on any atom is -0.469 e. The summed E-state index contributed by atoms with van der Waals surface area (Å²) in [5, 5.41) is 5.01. The topological polar surface area (TPSA) is 67.7 Å². The number of nitrogens with zero attached hydrogens (tertiary/aromatic N) is 1. The minimum atomic E-state index is -0.373. The van der Waals surface area contributed by atoms with Crippen molar-refractivity contribution < 1.29 is 13.6 Å². The van der Waals surface area contributed by atoms with Crippen LogP contribution in [0.4, 0.5) is 0 Å². The number of halogens is 3. The lowest BCUT2D eigenvalue weighted by molar-refractivity contribution is 0.0953. The molecule has 2 aromatic heterocycles. The number of carbonyl (C=O) groups excluding carboxylic acids is 1. The number of hydrogen-bond donors (Lipinski definition) is 1. The fraction of sp³-hybridized carbons (Fsp3) is 0.0588. The minimum absolute atomic E-state index is 0.362. The molecule has 0 fully saturated rings. The second-order valence-corrected chi connectivity index (χ2v) is 6.26. The maximum Gasteiger partial charge on any atom is 0.274 e. The first-order valence-electron chi connectivity index (χ1n) is 7.08. The van der Waals surface area contributed by atoms with Gasteiger partial charge in [-0.2, -0.15) is 5.10 Å². The quantitative estimate of drug-likeness (QED) is 0.355. The Labute approximate surface area is 158 Å². The number of hydrazone groups is 1. The smallest absolute Gasteiger partial charge is 0.274 e. The number of benzene rings is 1. The molecule has 0 saturated carbocycles. The van der Waals surface area contributed by atoms with Crippen molar-refractivity contribution in [1.29, 1.82) is 0 Å². The summed E-state index contributed by atoms with van der Waals surface area (Å²) >= 11 is 18.1. The van der Waals surface area contributed by atoms with Crippen LogP contribution in [0.5, 0.6) is 0 Å². The van der Waals surface area contributed by atoms with E-state index in [1.807, 2.05) is 0 Å². The maximum atomic E-state index is 11.9. The van der Waals surface area contributed by atoms with E-state index in [1.54, 1.807) is 37.3 Å². The Kier molecular flexibility index (Phi) is 5.18. The lowest BCUT2D eigenvalue weighted by atomic mass is 10.2. The van der Waals surface area contributed by atoms with Crippen molar-refractivity contribution in [3.63, 3.8) is 0 Å². The van der Waals surface area contributed by atoms with Crippen LogP contribution in [0.3, 0.4) is 0 Å². The number of furan rings is 2. The van der Waals surface area contributed by atoms with Crippen LogP contribution in [0.2, 0.25) is 15.1 Å². The van der Waals surface area contributed by atoms with Gasteiger partial charge in [-0.25, -0.2) is 5.43 Å². The van der Waals surface area contributed by atoms with Crippen molar-refractivity contribution in [3.8, 4) is 11.3 Å². The molecular formula is C17H11Cl3N2O3. The number of aryl methyl sites for hydroxylation is 1. The predicted octanol–water partition coefficient (Wildman–Crippen LogP) is 5.57. The first-order valence-corrected chi connectivity index (χ1v) is 8.21. The molecule has 0 radical (unpaired) electrons. The third-order valence-electron chi connectivity index (χ3n) is 3.36. The Morgan fingerprint density at radius 3 is 2.60 bits per heavy atom. The largest absolute Gasteiger partial charge is 0.469 e. The second kappa shape index (κ2) is 7.35. The molecule has 0 aliphatic rings. The SMILES string of the molecule is Cc1occc1C(=O)NN=Cc1ccc(-c2cc(Cl)c(Cl)cc2Cl)o1. The van der Waals surface area contributed by atoms with Gasteiger partial charge in [0.15, 0.2) is 0 Å². The number of amides is 1. The van der Waals surface area contributed by atoms with Crippen molar-refractivity contribution in [3.05, 3.63) is 68.7 Å². The maximum absolute atomic E-state index is 11.9. The summed E-state index contributed by atoms with van der Waals surface area (Å²) in [5.41, 5.74) is 3.42. The molecular weight excluding hydrogens is 387 g/mol. The third-order valence-corrected chi connectivity index (χ3v) is 4.40. The fourth-order valence-electron chi connectivity index (χ4n) is 2.11. The predicted molar refractivity (Wildman–Crippen MR) is 97.7 cm³/mol. The average Bonchev–Trinajstić information content (AvgIpc) is 3.20. The van der Waals surface area contributed by atoms with Crippen molar-refractivity contribution >= 4 is 46.9 Å². The zero-order valence-electron chi connectivity index (χ0n) is 12.8. The van der Waals surface area contributed by atoms with Gasteiger partial charge in [-0.3, -0.25) is 4.79 Å². The van der Waals surface area contributed by atoms with Crippen LogP contribution in [0.25, 0.3) is 11.3 Å². The summed E-state index contributed by atoms with van der Waals surface area (Å²) in [6.07, 6.45) is 2.82. The highest BCUT2D eigenvalue weighted by Crippen LogP contribution is 2.35. The van der Waals surface area contributed by atoms with E-state index in [2.05, 4.69) is 10.5 Å². The highest BCUT2D eigenvalue weighted by molar-refractivity contribution is 6.44. The molecule has 1 N–H and O–H groups in total. The van der Waals surface area contributed by atoms with Crippen LogP contribution in [0.1, 0.15) is 21.9 Å².